The van der Waals surface area contributed by atoms with E-state index in [1.54, 1.807) is 7.05 Å². The number of halogens is 1. The number of aromatic amines is 1. The molecule has 1 heterocycles. The molecule has 1 N–H and O–H groups in total. The molecule has 11 heavy (non-hydrogen) atoms. The maximum Gasteiger partial charge on any atom is 0.253 e. The van der Waals surface area contributed by atoms with Crippen LogP contribution in [0.2, 0.25) is 0 Å². The third kappa shape index (κ3) is 1.46. The Kier molecular flexibility index (Phi) is 2.06. The van der Waals surface area contributed by atoms with Gasteiger partial charge in [-0.3, -0.25) is 0 Å². The molecule has 0 saturated carbocycles. The predicted octanol–water partition coefficient (Wildman–Crippen LogP) is 0.0132. The van der Waals surface area contributed by atoms with Crippen molar-refractivity contribution in [2.45, 2.75) is 0 Å². The van der Waals surface area contributed by atoms with E-state index in [1.165, 1.54) is 4.90 Å². The standard InChI is InChI=1S/C6H7FN4/c1-3-4-11(2)6-5(7)8-10-9-6/h1H,4H2,2H3,(H,8,9,10). The van der Waals surface area contributed by atoms with Crippen LogP contribution >= 0.6 is 0 Å². The number of nitrogens with one attached hydrogen (secondary N) is 1. The van der Waals surface area contributed by atoms with Crippen LogP contribution in [0.1, 0.15) is 0 Å². The topological polar surface area (TPSA) is 44.8 Å². The lowest BCUT2D eigenvalue weighted by Crippen LogP contribution is -2.18. The van der Waals surface area contributed by atoms with Gasteiger partial charge < -0.3 is 4.90 Å². The number of nitrogens with zero attached hydrogens (tertiary/aromatic N) is 3. The Morgan fingerprint density at radius 3 is 3.00 bits per heavy atom. The highest BCUT2D eigenvalue weighted by molar-refractivity contribution is 5.35. The van der Waals surface area contributed by atoms with E-state index in [1.807, 2.05) is 0 Å². The zero-order valence-corrected chi connectivity index (χ0v) is 6.00. The molecular formula is C6H7FN4. The van der Waals surface area contributed by atoms with E-state index in [4.69, 9.17) is 6.42 Å². The molecule has 0 atom stereocenters. The van der Waals surface area contributed by atoms with Gasteiger partial charge in [-0.05, 0) is 0 Å². The second-order valence-electron chi connectivity index (χ2n) is 2.01. The van der Waals surface area contributed by atoms with Crippen LogP contribution < -0.4 is 4.90 Å². The molecule has 0 radical (unpaired) electrons. The second kappa shape index (κ2) is 3.01. The number of H-pyrrole nitrogens is 1. The summed E-state index contributed by atoms with van der Waals surface area (Å²) in [6.45, 7) is 0.309. The lowest BCUT2D eigenvalue weighted by molar-refractivity contribution is 0.577. The summed E-state index contributed by atoms with van der Waals surface area (Å²) in [6, 6.07) is 0. The Morgan fingerprint density at radius 2 is 2.55 bits per heavy atom. The van der Waals surface area contributed by atoms with E-state index in [0.29, 0.717) is 6.54 Å². The summed E-state index contributed by atoms with van der Waals surface area (Å²) in [4.78, 5) is 1.48. The summed E-state index contributed by atoms with van der Waals surface area (Å²) in [5.74, 6) is 1.94. The van der Waals surface area contributed by atoms with Gasteiger partial charge in [-0.1, -0.05) is 11.1 Å². The summed E-state index contributed by atoms with van der Waals surface area (Å²) < 4.78 is 12.6. The number of rotatable bonds is 2. The normalized spacial score (nSPS) is 9.18. The molecule has 1 aromatic heterocycles. The number of aromatic nitrogens is 3. The van der Waals surface area contributed by atoms with Gasteiger partial charge in [0.25, 0.3) is 5.95 Å². The highest BCUT2D eigenvalue weighted by atomic mass is 19.1. The molecule has 0 unspecified atom stereocenters. The highest BCUT2D eigenvalue weighted by Crippen LogP contribution is 2.08. The molecule has 0 aliphatic heterocycles. The van der Waals surface area contributed by atoms with Gasteiger partial charge in [0.1, 0.15) is 0 Å². The Bertz CT molecular complexity index is 274. The van der Waals surface area contributed by atoms with Crippen LogP contribution in [0.3, 0.4) is 0 Å². The molecule has 1 aromatic rings. The first-order chi connectivity index (χ1) is 5.25. The number of anilines is 1. The first-order valence-electron chi connectivity index (χ1n) is 2.97. The fourth-order valence-corrected chi connectivity index (χ4v) is 0.666. The van der Waals surface area contributed by atoms with Crippen molar-refractivity contribution in [3.8, 4) is 12.3 Å². The number of hydrogen-bond donors (Lipinski definition) is 1. The molecule has 0 fully saturated rings. The first kappa shape index (κ1) is 7.54. The SMILES string of the molecule is C#CCN(C)c1nn[nH]c1F. The van der Waals surface area contributed by atoms with Gasteiger partial charge in [0.05, 0.1) is 6.54 Å². The predicted molar refractivity (Wildman–Crippen MR) is 38.4 cm³/mol. The van der Waals surface area contributed by atoms with Gasteiger partial charge in [0.2, 0.25) is 5.82 Å². The van der Waals surface area contributed by atoms with Crippen molar-refractivity contribution in [2.75, 3.05) is 18.5 Å². The second-order valence-corrected chi connectivity index (χ2v) is 2.01. The van der Waals surface area contributed by atoms with Crippen LogP contribution in [0.15, 0.2) is 0 Å². The van der Waals surface area contributed by atoms with Crippen molar-refractivity contribution in [1.29, 1.82) is 0 Å². The first-order valence-corrected chi connectivity index (χ1v) is 2.97. The van der Waals surface area contributed by atoms with Crippen molar-refractivity contribution >= 4 is 5.82 Å². The Hall–Kier alpha value is -1.57. The lowest BCUT2D eigenvalue weighted by Gasteiger charge is -2.10. The minimum atomic E-state index is -0.567. The third-order valence-electron chi connectivity index (χ3n) is 1.18. The van der Waals surface area contributed by atoms with E-state index < -0.39 is 5.95 Å². The monoisotopic (exact) mass is 154 g/mol. The van der Waals surface area contributed by atoms with Crippen LogP contribution in [0, 0.1) is 18.3 Å². The lowest BCUT2D eigenvalue weighted by atomic mass is 10.5. The van der Waals surface area contributed by atoms with Crippen LogP contribution in [0.4, 0.5) is 10.2 Å². The molecule has 58 valence electrons. The summed E-state index contributed by atoms with van der Waals surface area (Å²) in [5, 5.41) is 8.82. The largest absolute Gasteiger partial charge is 0.343 e. The zero-order chi connectivity index (χ0) is 8.27. The fourth-order valence-electron chi connectivity index (χ4n) is 0.666. The Morgan fingerprint density at radius 1 is 1.82 bits per heavy atom. The van der Waals surface area contributed by atoms with E-state index in [9.17, 15) is 4.39 Å². The summed E-state index contributed by atoms with van der Waals surface area (Å²) in [6.07, 6.45) is 5.01. The summed E-state index contributed by atoms with van der Waals surface area (Å²) >= 11 is 0. The molecular weight excluding hydrogens is 147 g/mol. The van der Waals surface area contributed by atoms with Crippen LogP contribution in [-0.2, 0) is 0 Å². The van der Waals surface area contributed by atoms with E-state index in [-0.39, 0.29) is 5.82 Å². The van der Waals surface area contributed by atoms with E-state index >= 15 is 0 Å². The van der Waals surface area contributed by atoms with Crippen LogP contribution in [-0.4, -0.2) is 29.0 Å². The average molecular weight is 154 g/mol. The minimum Gasteiger partial charge on any atom is -0.343 e. The molecule has 1 rings (SSSR count). The van der Waals surface area contributed by atoms with Gasteiger partial charge in [0, 0.05) is 7.05 Å². The number of terminal acetylenes is 1. The van der Waals surface area contributed by atoms with Gasteiger partial charge in [-0.2, -0.15) is 4.39 Å². The average Bonchev–Trinajstić information content (AvgIpc) is 2.36. The van der Waals surface area contributed by atoms with Crippen molar-refractivity contribution in [1.82, 2.24) is 15.4 Å². The van der Waals surface area contributed by atoms with Crippen molar-refractivity contribution in [3.05, 3.63) is 5.95 Å². The minimum absolute atomic E-state index is 0.142. The van der Waals surface area contributed by atoms with Gasteiger partial charge in [-0.15, -0.1) is 11.5 Å². The van der Waals surface area contributed by atoms with Gasteiger partial charge >= 0.3 is 0 Å². The molecule has 0 aliphatic rings. The molecule has 0 saturated heterocycles. The maximum absolute atomic E-state index is 12.6. The third-order valence-corrected chi connectivity index (χ3v) is 1.18. The maximum atomic E-state index is 12.6. The molecule has 0 bridgehead atoms. The molecule has 0 amide bonds. The Labute approximate surface area is 63.4 Å². The van der Waals surface area contributed by atoms with Crippen LogP contribution in [0.25, 0.3) is 0 Å². The van der Waals surface area contributed by atoms with Gasteiger partial charge in [0.15, 0.2) is 0 Å². The van der Waals surface area contributed by atoms with Crippen molar-refractivity contribution in [3.63, 3.8) is 0 Å². The molecule has 0 aliphatic carbocycles. The fraction of sp³-hybridized carbons (Fsp3) is 0.333. The molecule has 5 heteroatoms. The quantitative estimate of drug-likeness (QED) is 0.610. The molecule has 4 nitrogen and oxygen atoms in total. The number of hydrogen-bond acceptors (Lipinski definition) is 3. The zero-order valence-electron chi connectivity index (χ0n) is 6.00. The summed E-state index contributed by atoms with van der Waals surface area (Å²) in [7, 11) is 1.64. The molecule has 0 aromatic carbocycles. The smallest absolute Gasteiger partial charge is 0.253 e. The van der Waals surface area contributed by atoms with E-state index in [0.717, 1.165) is 0 Å². The summed E-state index contributed by atoms with van der Waals surface area (Å²) in [5.41, 5.74) is 0. The van der Waals surface area contributed by atoms with E-state index in [2.05, 4.69) is 21.3 Å². The van der Waals surface area contributed by atoms with Crippen molar-refractivity contribution in [2.24, 2.45) is 0 Å². The van der Waals surface area contributed by atoms with Crippen LogP contribution in [0.5, 0.6) is 0 Å². The Balaban J connectivity index is 2.77. The molecule has 0 spiro atoms. The highest BCUT2D eigenvalue weighted by Gasteiger charge is 2.09. The van der Waals surface area contributed by atoms with Gasteiger partial charge in [-0.25, -0.2) is 5.10 Å². The van der Waals surface area contributed by atoms with Crippen molar-refractivity contribution < 1.29 is 4.39 Å².